The molecule has 1 heterocycles. The fraction of sp³-hybridized carbons (Fsp3) is 0.444. The zero-order valence-electron chi connectivity index (χ0n) is 20.2. The van der Waals surface area contributed by atoms with Crippen molar-refractivity contribution in [3.8, 4) is 11.1 Å². The standard InChI is InChI=1S/C27H32N2O5S/c1-27(2,25(32)29-13-14-35-17-18(29)15-24(30)31)11-12-28-26(33)34-16-23-21-9-5-3-7-19(21)20-8-4-6-10-22(20)23/h3-10,18,23H,11-17H2,1-2H3,(H,28,33)(H,30,31). The number of amides is 2. The minimum absolute atomic E-state index is 0.00527. The maximum atomic E-state index is 13.2. The number of fused-ring (bicyclic) bond motifs is 3. The average Bonchev–Trinajstić information content (AvgIpc) is 3.16. The van der Waals surface area contributed by atoms with Gasteiger partial charge in [-0.15, -0.1) is 0 Å². The predicted octanol–water partition coefficient (Wildman–Crippen LogP) is 4.36. The van der Waals surface area contributed by atoms with Gasteiger partial charge in [-0.2, -0.15) is 11.8 Å². The van der Waals surface area contributed by atoms with Crippen molar-refractivity contribution in [3.63, 3.8) is 0 Å². The Morgan fingerprint density at radius 1 is 1.09 bits per heavy atom. The van der Waals surface area contributed by atoms with Crippen molar-refractivity contribution >= 4 is 29.7 Å². The van der Waals surface area contributed by atoms with E-state index in [2.05, 4.69) is 29.6 Å². The highest BCUT2D eigenvalue weighted by molar-refractivity contribution is 7.99. The number of hydrogen-bond acceptors (Lipinski definition) is 5. The lowest BCUT2D eigenvalue weighted by Crippen LogP contribution is -2.52. The molecule has 2 amide bonds. The van der Waals surface area contributed by atoms with Crippen LogP contribution in [0.5, 0.6) is 0 Å². The fourth-order valence-corrected chi connectivity index (χ4v) is 5.98. The van der Waals surface area contributed by atoms with Gasteiger partial charge in [0.1, 0.15) is 6.61 Å². The molecule has 35 heavy (non-hydrogen) atoms. The lowest BCUT2D eigenvalue weighted by Gasteiger charge is -2.39. The third-order valence-corrected chi connectivity index (χ3v) is 7.93. The minimum Gasteiger partial charge on any atom is -0.481 e. The molecule has 4 rings (SSSR count). The van der Waals surface area contributed by atoms with Gasteiger partial charge in [-0.3, -0.25) is 9.59 Å². The summed E-state index contributed by atoms with van der Waals surface area (Å²) in [5.41, 5.74) is 3.94. The van der Waals surface area contributed by atoms with E-state index in [4.69, 9.17) is 4.74 Å². The molecule has 8 heteroatoms. The number of rotatable bonds is 8. The molecule has 1 unspecified atom stereocenters. The summed E-state index contributed by atoms with van der Waals surface area (Å²) < 4.78 is 5.58. The largest absolute Gasteiger partial charge is 0.481 e. The highest BCUT2D eigenvalue weighted by Crippen LogP contribution is 2.44. The van der Waals surface area contributed by atoms with Crippen LogP contribution in [0.1, 0.15) is 43.7 Å². The van der Waals surface area contributed by atoms with Crippen LogP contribution in [0.4, 0.5) is 4.79 Å². The molecule has 0 bridgehead atoms. The molecule has 2 aromatic rings. The fourth-order valence-electron chi connectivity index (χ4n) is 4.92. The van der Waals surface area contributed by atoms with E-state index in [0.717, 1.165) is 16.9 Å². The molecule has 2 N–H and O–H groups in total. The third kappa shape index (κ3) is 5.64. The summed E-state index contributed by atoms with van der Waals surface area (Å²) in [6, 6.07) is 16.1. The summed E-state index contributed by atoms with van der Waals surface area (Å²) in [4.78, 5) is 38.6. The van der Waals surface area contributed by atoms with Crippen LogP contribution >= 0.6 is 11.8 Å². The van der Waals surface area contributed by atoms with Crippen LogP contribution in [0, 0.1) is 5.41 Å². The topological polar surface area (TPSA) is 95.9 Å². The first-order valence-electron chi connectivity index (χ1n) is 12.0. The van der Waals surface area contributed by atoms with Gasteiger partial charge in [0, 0.05) is 35.9 Å². The first-order valence-corrected chi connectivity index (χ1v) is 13.1. The number of ether oxygens (including phenoxy) is 1. The SMILES string of the molecule is CC(C)(CCNC(=O)OCC1c2ccccc2-c2ccccc21)C(=O)N1CCSCC1CC(=O)O. The number of nitrogens with zero attached hydrogens (tertiary/aromatic N) is 1. The van der Waals surface area contributed by atoms with Crippen molar-refractivity contribution in [2.75, 3.05) is 31.2 Å². The molecule has 1 saturated heterocycles. The number of hydrogen-bond donors (Lipinski definition) is 2. The molecule has 1 aliphatic carbocycles. The van der Waals surface area contributed by atoms with Gasteiger partial charge in [-0.1, -0.05) is 62.4 Å². The lowest BCUT2D eigenvalue weighted by molar-refractivity contribution is -0.145. The molecule has 2 aliphatic rings. The number of aliphatic carboxylic acids is 1. The van der Waals surface area contributed by atoms with Gasteiger partial charge in [0.15, 0.2) is 0 Å². The molecule has 0 aromatic heterocycles. The maximum Gasteiger partial charge on any atom is 0.407 e. The number of carboxylic acid groups (broad SMARTS) is 1. The zero-order chi connectivity index (χ0) is 25.0. The molecular formula is C27H32N2O5S. The number of nitrogens with one attached hydrogen (secondary N) is 1. The van der Waals surface area contributed by atoms with Crippen molar-refractivity contribution in [2.45, 2.75) is 38.6 Å². The van der Waals surface area contributed by atoms with E-state index in [9.17, 15) is 19.5 Å². The third-order valence-electron chi connectivity index (χ3n) is 6.84. The molecular weight excluding hydrogens is 464 g/mol. The summed E-state index contributed by atoms with van der Waals surface area (Å²) in [5, 5.41) is 12.0. The van der Waals surface area contributed by atoms with Crippen LogP contribution in [0.2, 0.25) is 0 Å². The van der Waals surface area contributed by atoms with Crippen molar-refractivity contribution in [1.82, 2.24) is 10.2 Å². The second-order valence-corrected chi connectivity index (χ2v) is 10.9. The van der Waals surface area contributed by atoms with Gasteiger partial charge in [-0.05, 0) is 28.7 Å². The summed E-state index contributed by atoms with van der Waals surface area (Å²) in [5.74, 6) is 0.458. The Balaban J connectivity index is 1.29. The highest BCUT2D eigenvalue weighted by atomic mass is 32.2. The highest BCUT2D eigenvalue weighted by Gasteiger charge is 2.37. The van der Waals surface area contributed by atoms with Crippen LogP contribution in [-0.2, 0) is 14.3 Å². The summed E-state index contributed by atoms with van der Waals surface area (Å²) in [6.45, 7) is 4.76. The van der Waals surface area contributed by atoms with E-state index >= 15 is 0 Å². The zero-order valence-corrected chi connectivity index (χ0v) is 21.0. The Labute approximate surface area is 210 Å². The Morgan fingerprint density at radius 2 is 1.71 bits per heavy atom. The Bertz CT molecular complexity index is 1060. The van der Waals surface area contributed by atoms with E-state index in [0.29, 0.717) is 25.3 Å². The first kappa shape index (κ1) is 25.1. The maximum absolute atomic E-state index is 13.2. The van der Waals surface area contributed by atoms with E-state index in [1.807, 2.05) is 38.1 Å². The molecule has 1 fully saturated rings. The van der Waals surface area contributed by atoms with Crippen LogP contribution in [0.3, 0.4) is 0 Å². The Morgan fingerprint density at radius 3 is 2.34 bits per heavy atom. The number of carboxylic acids is 1. The van der Waals surface area contributed by atoms with Gasteiger partial charge >= 0.3 is 12.1 Å². The van der Waals surface area contributed by atoms with Crippen molar-refractivity contribution < 1.29 is 24.2 Å². The van der Waals surface area contributed by atoms with E-state index in [-0.39, 0.29) is 30.9 Å². The molecule has 0 radical (unpaired) electrons. The van der Waals surface area contributed by atoms with Gasteiger partial charge in [0.2, 0.25) is 5.91 Å². The van der Waals surface area contributed by atoms with E-state index in [1.54, 1.807) is 16.7 Å². The molecule has 7 nitrogen and oxygen atoms in total. The number of thioether (sulfide) groups is 1. The summed E-state index contributed by atoms with van der Waals surface area (Å²) >= 11 is 1.68. The number of carbonyl (C=O) groups is 3. The molecule has 1 aliphatic heterocycles. The number of benzene rings is 2. The van der Waals surface area contributed by atoms with Crippen LogP contribution in [0.25, 0.3) is 11.1 Å². The van der Waals surface area contributed by atoms with Crippen molar-refractivity contribution in [2.24, 2.45) is 5.41 Å². The van der Waals surface area contributed by atoms with Crippen molar-refractivity contribution in [3.05, 3.63) is 59.7 Å². The molecule has 0 spiro atoms. The average molecular weight is 497 g/mol. The first-order chi connectivity index (χ1) is 16.8. The number of carbonyl (C=O) groups excluding carboxylic acids is 2. The van der Waals surface area contributed by atoms with Crippen LogP contribution in [-0.4, -0.2) is 65.2 Å². The molecule has 2 aromatic carbocycles. The second kappa shape index (κ2) is 10.7. The predicted molar refractivity (Wildman–Crippen MR) is 137 cm³/mol. The molecule has 1 atom stereocenters. The summed E-state index contributed by atoms with van der Waals surface area (Å²) in [7, 11) is 0. The normalized spacial score (nSPS) is 17.4. The van der Waals surface area contributed by atoms with E-state index in [1.165, 1.54) is 11.1 Å². The monoisotopic (exact) mass is 496 g/mol. The second-order valence-electron chi connectivity index (χ2n) is 9.71. The van der Waals surface area contributed by atoms with Gasteiger partial charge in [-0.25, -0.2) is 4.79 Å². The minimum atomic E-state index is -0.898. The van der Waals surface area contributed by atoms with Crippen LogP contribution < -0.4 is 5.32 Å². The van der Waals surface area contributed by atoms with Gasteiger partial charge < -0.3 is 20.1 Å². The van der Waals surface area contributed by atoms with Gasteiger partial charge in [0.05, 0.1) is 12.5 Å². The smallest absolute Gasteiger partial charge is 0.407 e. The van der Waals surface area contributed by atoms with Gasteiger partial charge in [0.25, 0.3) is 0 Å². The molecule has 186 valence electrons. The number of alkyl carbamates (subject to hydrolysis) is 1. The Kier molecular flexibility index (Phi) is 7.69. The lowest BCUT2D eigenvalue weighted by atomic mass is 9.87. The summed E-state index contributed by atoms with van der Waals surface area (Å²) in [6.07, 6.45) is -0.125. The quantitative estimate of drug-likeness (QED) is 0.564. The molecule has 0 saturated carbocycles. The Hall–Kier alpha value is -3.00. The van der Waals surface area contributed by atoms with Crippen molar-refractivity contribution in [1.29, 1.82) is 0 Å². The van der Waals surface area contributed by atoms with Crippen LogP contribution in [0.15, 0.2) is 48.5 Å². The van der Waals surface area contributed by atoms with E-state index < -0.39 is 17.5 Å².